The van der Waals surface area contributed by atoms with Crippen molar-refractivity contribution in [3.05, 3.63) is 11.9 Å². The van der Waals surface area contributed by atoms with Gasteiger partial charge in [-0.3, -0.25) is 0 Å². The molecule has 1 aromatic heterocycles. The number of carbonyl (C=O) groups is 2. The van der Waals surface area contributed by atoms with E-state index in [2.05, 4.69) is 15.6 Å². The molecule has 1 unspecified atom stereocenters. The molecule has 1 aliphatic heterocycles. The van der Waals surface area contributed by atoms with Crippen molar-refractivity contribution in [2.75, 3.05) is 26.3 Å². The van der Waals surface area contributed by atoms with E-state index in [-0.39, 0.29) is 23.8 Å². The second kappa shape index (κ2) is 6.53. The highest BCUT2D eigenvalue weighted by Crippen LogP contribution is 2.20. The van der Waals surface area contributed by atoms with Gasteiger partial charge < -0.3 is 20.1 Å². The van der Waals surface area contributed by atoms with E-state index in [1.165, 1.54) is 10.9 Å². The standard InChI is InChI=1S/C12H19N5O4/c1-3-21-7-8(2)13-12(20)16-4-9(5-16)17-6-10(11(18)19)14-15-17/h6,8-9H,3-5,7H2,1-2H3,(H,13,20)(H,18,19). The van der Waals surface area contributed by atoms with Crippen LogP contribution in [0.3, 0.4) is 0 Å². The number of aromatic carboxylic acids is 1. The Labute approximate surface area is 121 Å². The number of hydrogen-bond acceptors (Lipinski definition) is 5. The number of ether oxygens (including phenoxy) is 1. The third kappa shape index (κ3) is 3.69. The molecule has 1 atom stereocenters. The van der Waals surface area contributed by atoms with Crippen molar-refractivity contribution >= 4 is 12.0 Å². The van der Waals surface area contributed by atoms with Gasteiger partial charge in [-0.2, -0.15) is 0 Å². The van der Waals surface area contributed by atoms with Crippen molar-refractivity contribution < 1.29 is 19.4 Å². The molecule has 0 saturated carbocycles. The van der Waals surface area contributed by atoms with Crippen LogP contribution in [0, 0.1) is 0 Å². The Hall–Kier alpha value is -2.16. The summed E-state index contributed by atoms with van der Waals surface area (Å²) in [6.45, 7) is 5.83. The van der Waals surface area contributed by atoms with Crippen LogP contribution in [0.15, 0.2) is 6.20 Å². The summed E-state index contributed by atoms with van der Waals surface area (Å²) in [5.74, 6) is -1.11. The molecule has 0 aliphatic carbocycles. The van der Waals surface area contributed by atoms with Gasteiger partial charge in [0.2, 0.25) is 0 Å². The quantitative estimate of drug-likeness (QED) is 0.763. The Morgan fingerprint density at radius 2 is 2.29 bits per heavy atom. The first-order valence-electron chi connectivity index (χ1n) is 6.79. The molecule has 2 amide bonds. The van der Waals surface area contributed by atoms with Gasteiger partial charge in [-0.1, -0.05) is 5.21 Å². The van der Waals surface area contributed by atoms with Crippen molar-refractivity contribution in [1.29, 1.82) is 0 Å². The fraction of sp³-hybridized carbons (Fsp3) is 0.667. The zero-order valence-electron chi connectivity index (χ0n) is 12.0. The molecule has 2 rings (SSSR count). The topological polar surface area (TPSA) is 110 Å². The molecule has 2 N–H and O–H groups in total. The first-order chi connectivity index (χ1) is 10.0. The number of amides is 2. The number of hydrogen-bond donors (Lipinski definition) is 2. The number of carboxylic acid groups (broad SMARTS) is 1. The summed E-state index contributed by atoms with van der Waals surface area (Å²) < 4.78 is 6.71. The van der Waals surface area contributed by atoms with Crippen molar-refractivity contribution in [3.63, 3.8) is 0 Å². The highest BCUT2D eigenvalue weighted by molar-refractivity contribution is 5.84. The third-order valence-corrected chi connectivity index (χ3v) is 3.19. The predicted octanol–water partition coefficient (Wildman–Crippen LogP) is -0.0324. The Balaban J connectivity index is 1.77. The van der Waals surface area contributed by atoms with Gasteiger partial charge in [-0.25, -0.2) is 14.3 Å². The summed E-state index contributed by atoms with van der Waals surface area (Å²) in [6.07, 6.45) is 1.37. The van der Waals surface area contributed by atoms with Crippen molar-refractivity contribution in [1.82, 2.24) is 25.2 Å². The molecule has 9 heteroatoms. The zero-order valence-corrected chi connectivity index (χ0v) is 12.0. The number of carbonyl (C=O) groups excluding carboxylic acids is 1. The maximum atomic E-state index is 11.9. The molecular weight excluding hydrogens is 278 g/mol. The van der Waals surface area contributed by atoms with E-state index in [1.54, 1.807) is 4.90 Å². The molecule has 0 radical (unpaired) electrons. The molecule has 1 aliphatic rings. The number of aromatic nitrogens is 3. The second-order valence-electron chi connectivity index (χ2n) is 4.96. The summed E-state index contributed by atoms with van der Waals surface area (Å²) in [7, 11) is 0. The van der Waals surface area contributed by atoms with Crippen LogP contribution in [-0.4, -0.2) is 69.3 Å². The lowest BCUT2D eigenvalue weighted by atomic mass is 10.1. The Morgan fingerprint density at radius 3 is 2.86 bits per heavy atom. The molecule has 116 valence electrons. The average Bonchev–Trinajstić information content (AvgIpc) is 2.84. The van der Waals surface area contributed by atoms with Gasteiger partial charge in [0.1, 0.15) is 0 Å². The van der Waals surface area contributed by atoms with Crippen LogP contribution in [0.1, 0.15) is 30.4 Å². The lowest BCUT2D eigenvalue weighted by molar-refractivity contribution is 0.0690. The third-order valence-electron chi connectivity index (χ3n) is 3.19. The monoisotopic (exact) mass is 297 g/mol. The number of carboxylic acids is 1. The fourth-order valence-electron chi connectivity index (χ4n) is 1.98. The van der Waals surface area contributed by atoms with E-state index in [1.807, 2.05) is 13.8 Å². The Bertz CT molecular complexity index is 512. The van der Waals surface area contributed by atoms with E-state index in [4.69, 9.17) is 9.84 Å². The van der Waals surface area contributed by atoms with Crippen LogP contribution in [0.4, 0.5) is 4.79 Å². The van der Waals surface area contributed by atoms with E-state index in [0.29, 0.717) is 26.3 Å². The van der Waals surface area contributed by atoms with Crippen molar-refractivity contribution in [3.8, 4) is 0 Å². The van der Waals surface area contributed by atoms with Gasteiger partial charge >= 0.3 is 12.0 Å². The van der Waals surface area contributed by atoms with Gasteiger partial charge in [0.15, 0.2) is 5.69 Å². The van der Waals surface area contributed by atoms with Gasteiger partial charge in [0.05, 0.1) is 24.9 Å². The number of nitrogens with zero attached hydrogens (tertiary/aromatic N) is 4. The molecule has 21 heavy (non-hydrogen) atoms. The van der Waals surface area contributed by atoms with Crippen molar-refractivity contribution in [2.24, 2.45) is 0 Å². The van der Waals surface area contributed by atoms with E-state index in [0.717, 1.165) is 0 Å². The highest BCUT2D eigenvalue weighted by Gasteiger charge is 2.33. The zero-order chi connectivity index (χ0) is 15.4. The lowest BCUT2D eigenvalue weighted by Gasteiger charge is -2.39. The van der Waals surface area contributed by atoms with Crippen LogP contribution in [0.5, 0.6) is 0 Å². The van der Waals surface area contributed by atoms with Gasteiger partial charge in [0, 0.05) is 19.7 Å². The largest absolute Gasteiger partial charge is 0.476 e. The minimum atomic E-state index is -1.11. The molecule has 1 fully saturated rings. The normalized spacial score (nSPS) is 16.4. The first-order valence-corrected chi connectivity index (χ1v) is 6.79. The molecule has 0 bridgehead atoms. The number of nitrogens with one attached hydrogen (secondary N) is 1. The second-order valence-corrected chi connectivity index (χ2v) is 4.96. The molecule has 1 saturated heterocycles. The smallest absolute Gasteiger partial charge is 0.358 e. The summed E-state index contributed by atoms with van der Waals surface area (Å²) in [4.78, 5) is 24.3. The molecule has 2 heterocycles. The molecule has 0 spiro atoms. The van der Waals surface area contributed by atoms with Crippen molar-refractivity contribution in [2.45, 2.75) is 25.9 Å². The van der Waals surface area contributed by atoms with E-state index in [9.17, 15) is 9.59 Å². The lowest BCUT2D eigenvalue weighted by Crippen LogP contribution is -2.56. The maximum Gasteiger partial charge on any atom is 0.358 e. The van der Waals surface area contributed by atoms with Crippen LogP contribution >= 0.6 is 0 Å². The Morgan fingerprint density at radius 1 is 1.57 bits per heavy atom. The highest BCUT2D eigenvalue weighted by atomic mass is 16.5. The number of likely N-dealkylation sites (tertiary alicyclic amines) is 1. The van der Waals surface area contributed by atoms with Crippen LogP contribution in [-0.2, 0) is 4.74 Å². The van der Waals surface area contributed by atoms with Crippen LogP contribution in [0.25, 0.3) is 0 Å². The summed E-state index contributed by atoms with van der Waals surface area (Å²) >= 11 is 0. The summed E-state index contributed by atoms with van der Waals surface area (Å²) in [5, 5.41) is 18.9. The van der Waals surface area contributed by atoms with Gasteiger partial charge in [0.25, 0.3) is 0 Å². The average molecular weight is 297 g/mol. The van der Waals surface area contributed by atoms with Crippen LogP contribution in [0.2, 0.25) is 0 Å². The number of rotatable bonds is 6. The minimum Gasteiger partial charge on any atom is -0.476 e. The molecule has 1 aromatic rings. The molecule has 0 aromatic carbocycles. The van der Waals surface area contributed by atoms with Crippen LogP contribution < -0.4 is 5.32 Å². The Kier molecular flexibility index (Phi) is 4.73. The van der Waals surface area contributed by atoms with E-state index < -0.39 is 5.97 Å². The molecule has 9 nitrogen and oxygen atoms in total. The first kappa shape index (κ1) is 15.2. The molecular formula is C12H19N5O4. The maximum absolute atomic E-state index is 11.9. The number of urea groups is 1. The van der Waals surface area contributed by atoms with Gasteiger partial charge in [-0.05, 0) is 13.8 Å². The SMILES string of the molecule is CCOCC(C)NC(=O)N1CC(n2cc(C(=O)O)nn2)C1. The minimum absolute atomic E-state index is 0.0291. The predicted molar refractivity (Wildman–Crippen MR) is 72.1 cm³/mol. The summed E-state index contributed by atoms with van der Waals surface area (Å²) in [5.41, 5.74) is -0.0942. The fourth-order valence-corrected chi connectivity index (χ4v) is 1.98. The summed E-state index contributed by atoms with van der Waals surface area (Å²) in [6, 6.07) is -0.239. The van der Waals surface area contributed by atoms with E-state index >= 15 is 0 Å². The van der Waals surface area contributed by atoms with Gasteiger partial charge in [-0.15, -0.1) is 5.10 Å².